The van der Waals surface area contributed by atoms with E-state index in [0.29, 0.717) is 0 Å². The Balaban J connectivity index is 2.30. The first-order valence-electron chi connectivity index (χ1n) is 1.35. The van der Waals surface area contributed by atoms with Gasteiger partial charge in [0.1, 0.15) is 0 Å². The van der Waals surface area contributed by atoms with E-state index in [0.717, 1.165) is 23.3 Å². The van der Waals surface area contributed by atoms with Crippen molar-refractivity contribution in [3.8, 4) is 0 Å². The molecule has 0 radical (unpaired) electrons. The van der Waals surface area contributed by atoms with Gasteiger partial charge in [-0.3, -0.25) is 0 Å². The monoisotopic (exact) mass is 72.0 g/mol. The standard InChI is InChI=1S/CH5BOSi/c3-2-1-4/h1H2,4H3. The van der Waals surface area contributed by atoms with Crippen LogP contribution in [-0.2, 0) is 4.70 Å². The van der Waals surface area contributed by atoms with E-state index < -0.39 is 0 Å². The van der Waals surface area contributed by atoms with Gasteiger partial charge in [-0.2, -0.15) is 0 Å². The molecular formula is CH5BOSi. The predicted octanol–water partition coefficient (Wildman–Crippen LogP) is -1.22. The van der Waals surface area contributed by atoms with Crippen LogP contribution in [0.2, 0.25) is 5.94 Å². The first-order valence-corrected chi connectivity index (χ1v) is 2.77. The van der Waals surface area contributed by atoms with Crippen molar-refractivity contribution >= 4 is 17.4 Å². The Kier molecular flexibility index (Phi) is 3.14. The van der Waals surface area contributed by atoms with Crippen molar-refractivity contribution in [3.05, 3.63) is 0 Å². The molecule has 1 nitrogen and oxygen atoms in total. The second-order valence-corrected chi connectivity index (χ2v) is 1.39. The van der Waals surface area contributed by atoms with E-state index in [4.69, 9.17) is 0 Å². The number of hydrogen-bond donors (Lipinski definition) is 0. The molecule has 0 aromatic heterocycles. The van der Waals surface area contributed by atoms with Crippen LogP contribution in [0.3, 0.4) is 0 Å². The van der Waals surface area contributed by atoms with Crippen LogP contribution in [0.5, 0.6) is 0 Å². The molecular weight excluding hydrogens is 66.9 g/mol. The van der Waals surface area contributed by atoms with E-state index in [-0.39, 0.29) is 0 Å². The maximum absolute atomic E-state index is 9.21. The van der Waals surface area contributed by atoms with Crippen LogP contribution < -0.4 is 0 Å². The van der Waals surface area contributed by atoms with Crippen molar-refractivity contribution in [1.82, 2.24) is 0 Å². The molecule has 3 heteroatoms. The van der Waals surface area contributed by atoms with E-state index >= 15 is 0 Å². The summed E-state index contributed by atoms with van der Waals surface area (Å²) in [6.45, 7) is 0. The second kappa shape index (κ2) is 3.08. The van der Waals surface area contributed by atoms with Crippen molar-refractivity contribution in [3.63, 3.8) is 0 Å². The quantitative estimate of drug-likeness (QED) is 0.355. The molecule has 0 saturated heterocycles. The van der Waals surface area contributed by atoms with E-state index in [1.54, 1.807) is 0 Å². The van der Waals surface area contributed by atoms with Gasteiger partial charge in [-0.1, -0.05) is 0 Å². The first-order chi connectivity index (χ1) is 1.91. The van der Waals surface area contributed by atoms with Crippen molar-refractivity contribution < 1.29 is 4.70 Å². The van der Waals surface area contributed by atoms with Crippen LogP contribution in [0.15, 0.2) is 0 Å². The first kappa shape index (κ1) is 4.08. The van der Waals surface area contributed by atoms with Crippen molar-refractivity contribution in [2.24, 2.45) is 0 Å². The van der Waals surface area contributed by atoms with Crippen molar-refractivity contribution in [1.29, 1.82) is 0 Å². The van der Waals surface area contributed by atoms with Gasteiger partial charge in [0.25, 0.3) is 0 Å². The zero-order valence-electron chi connectivity index (χ0n) is 2.69. The summed E-state index contributed by atoms with van der Waals surface area (Å²) >= 11 is 0. The SMILES string of the molecule is O=BC[SiH3]. The molecule has 0 N–H and O–H groups in total. The van der Waals surface area contributed by atoms with Gasteiger partial charge >= 0.3 is 28.0 Å². The summed E-state index contributed by atoms with van der Waals surface area (Å²) in [5.41, 5.74) is 0. The molecule has 22 valence electrons. The van der Waals surface area contributed by atoms with Crippen LogP contribution in [0.1, 0.15) is 0 Å². The molecule has 0 heterocycles. The Morgan fingerprint density at radius 3 is 2.25 bits per heavy atom. The van der Waals surface area contributed by atoms with E-state index in [9.17, 15) is 4.70 Å². The molecule has 0 aromatic carbocycles. The Morgan fingerprint density at radius 2 is 2.25 bits per heavy atom. The Morgan fingerprint density at radius 1 is 2.00 bits per heavy atom. The van der Waals surface area contributed by atoms with Crippen LogP contribution in [0, 0.1) is 0 Å². The summed E-state index contributed by atoms with van der Waals surface area (Å²) in [6.07, 6.45) is 0. The van der Waals surface area contributed by atoms with Gasteiger partial charge in [0.05, 0.1) is 0 Å². The molecule has 0 atom stereocenters. The van der Waals surface area contributed by atoms with Gasteiger partial charge < -0.3 is 0 Å². The van der Waals surface area contributed by atoms with E-state index in [2.05, 4.69) is 0 Å². The third kappa shape index (κ3) is 2.08. The summed E-state index contributed by atoms with van der Waals surface area (Å²) < 4.78 is 9.21. The molecule has 0 aliphatic carbocycles. The second-order valence-electron chi connectivity index (χ2n) is 0.575. The number of hydrogen-bond acceptors (Lipinski definition) is 1. The van der Waals surface area contributed by atoms with Gasteiger partial charge in [0.15, 0.2) is 0 Å². The molecule has 0 amide bonds. The molecule has 0 rings (SSSR count). The zero-order chi connectivity index (χ0) is 3.41. The minimum atomic E-state index is 0.778. The van der Waals surface area contributed by atoms with Gasteiger partial charge in [-0.15, -0.1) is 0 Å². The zero-order valence-corrected chi connectivity index (χ0v) is 4.69. The van der Waals surface area contributed by atoms with E-state index in [1.807, 2.05) is 0 Å². The predicted molar refractivity (Wildman–Crippen MR) is 21.2 cm³/mol. The molecule has 0 unspecified atom stereocenters. The normalized spacial score (nSPS) is 6.00. The summed E-state index contributed by atoms with van der Waals surface area (Å²) in [5, 5.41) is 0. The Bertz CT molecular complexity index is 22.0. The fraction of sp³-hybridized carbons (Fsp3) is 1.00. The molecule has 0 saturated carbocycles. The topological polar surface area (TPSA) is 17.1 Å². The van der Waals surface area contributed by atoms with Crippen molar-refractivity contribution in [2.45, 2.75) is 5.94 Å². The molecule has 0 bridgehead atoms. The number of rotatable bonds is 1. The average Bonchev–Trinajstić information content (AvgIpc) is 1.37. The van der Waals surface area contributed by atoms with Gasteiger partial charge in [-0.05, 0) is 0 Å². The average molecular weight is 71.9 g/mol. The summed E-state index contributed by atoms with van der Waals surface area (Å²) in [6, 6.07) is 0. The fourth-order valence-corrected chi connectivity index (χ4v) is 0. The van der Waals surface area contributed by atoms with E-state index in [1.165, 1.54) is 0 Å². The molecule has 0 aliphatic rings. The molecule has 0 aliphatic heterocycles. The summed E-state index contributed by atoms with van der Waals surface area (Å²) in [5.74, 6) is 0.778. The third-order valence-corrected chi connectivity index (χ3v) is 0.500. The molecule has 0 aromatic rings. The Hall–Kier alpha value is 0.0818. The minimum absolute atomic E-state index is 0.778. The maximum atomic E-state index is 9.21. The van der Waals surface area contributed by atoms with Crippen molar-refractivity contribution in [2.75, 3.05) is 0 Å². The summed E-state index contributed by atoms with van der Waals surface area (Å²) in [4.78, 5) is 0. The molecule has 4 heavy (non-hydrogen) atoms. The van der Waals surface area contributed by atoms with Gasteiger partial charge in [-0.25, -0.2) is 0 Å². The third-order valence-electron chi connectivity index (χ3n) is 0.167. The van der Waals surface area contributed by atoms with Crippen LogP contribution in [0.25, 0.3) is 0 Å². The fourth-order valence-electron chi connectivity index (χ4n) is 0. The van der Waals surface area contributed by atoms with Gasteiger partial charge in [0, 0.05) is 0 Å². The molecule has 0 fully saturated rings. The van der Waals surface area contributed by atoms with Crippen LogP contribution in [-0.4, -0.2) is 17.4 Å². The molecule has 0 spiro atoms. The summed E-state index contributed by atoms with van der Waals surface area (Å²) in [7, 11) is 1.96. The van der Waals surface area contributed by atoms with Crippen LogP contribution >= 0.6 is 0 Å². The van der Waals surface area contributed by atoms with Crippen LogP contribution in [0.4, 0.5) is 0 Å². The van der Waals surface area contributed by atoms with Gasteiger partial charge in [0.2, 0.25) is 0 Å². The Labute approximate surface area is 29.1 Å².